The Kier molecular flexibility index (Phi) is 5.45. The van der Waals surface area contributed by atoms with Gasteiger partial charge in [-0.1, -0.05) is 0 Å². The van der Waals surface area contributed by atoms with Gasteiger partial charge in [0.1, 0.15) is 0 Å². The number of aliphatic hydroxyl groups is 1. The molecule has 0 saturated carbocycles. The van der Waals surface area contributed by atoms with Crippen LogP contribution in [-0.2, 0) is 14.3 Å². The molecule has 4 nitrogen and oxygen atoms in total. The first-order chi connectivity index (χ1) is 5.06. The fraction of sp³-hybridized carbons (Fsp3) is 1.00. The summed E-state index contributed by atoms with van der Waals surface area (Å²) < 4.78 is 25.3. The number of hydrogen-bond acceptors (Lipinski definition) is 4. The lowest BCUT2D eigenvalue weighted by Crippen LogP contribution is -2.04. The van der Waals surface area contributed by atoms with Crippen LogP contribution in [-0.4, -0.2) is 33.0 Å². The summed E-state index contributed by atoms with van der Waals surface area (Å²) in [6.07, 6.45) is 3.20. The van der Waals surface area contributed by atoms with E-state index in [9.17, 15) is 8.42 Å². The molecule has 0 aromatic heterocycles. The summed E-state index contributed by atoms with van der Waals surface area (Å²) in [5.41, 5.74) is 0. The predicted molar refractivity (Wildman–Crippen MR) is 41.7 cm³/mol. The van der Waals surface area contributed by atoms with Crippen LogP contribution in [0, 0.1) is 0 Å². The molecule has 0 aliphatic carbocycles. The third-order valence-corrected chi connectivity index (χ3v) is 1.69. The average Bonchev–Trinajstić information content (AvgIpc) is 1.85. The van der Waals surface area contributed by atoms with Crippen LogP contribution in [0.1, 0.15) is 19.3 Å². The lowest BCUT2D eigenvalue weighted by Gasteiger charge is -1.99. The molecule has 0 aliphatic rings. The van der Waals surface area contributed by atoms with Crippen LogP contribution in [0.3, 0.4) is 0 Å². The van der Waals surface area contributed by atoms with Gasteiger partial charge in [-0.05, 0) is 19.3 Å². The quantitative estimate of drug-likeness (QED) is 0.468. The molecule has 0 saturated heterocycles. The third kappa shape index (κ3) is 9.87. The second-order valence-corrected chi connectivity index (χ2v) is 3.95. The van der Waals surface area contributed by atoms with Crippen molar-refractivity contribution in [3.63, 3.8) is 0 Å². The molecule has 11 heavy (non-hydrogen) atoms. The fourth-order valence-corrected chi connectivity index (χ4v) is 1.02. The van der Waals surface area contributed by atoms with Crippen LogP contribution in [0.25, 0.3) is 0 Å². The van der Waals surface area contributed by atoms with Crippen molar-refractivity contribution < 1.29 is 17.7 Å². The van der Waals surface area contributed by atoms with Gasteiger partial charge in [-0.2, -0.15) is 8.42 Å². The van der Waals surface area contributed by atoms with Gasteiger partial charge in [0.25, 0.3) is 10.1 Å². The molecule has 0 aromatic rings. The second kappa shape index (κ2) is 5.51. The van der Waals surface area contributed by atoms with E-state index >= 15 is 0 Å². The topological polar surface area (TPSA) is 63.6 Å². The summed E-state index contributed by atoms with van der Waals surface area (Å²) in [6.45, 7) is 0.373. The van der Waals surface area contributed by atoms with E-state index in [0.29, 0.717) is 12.8 Å². The zero-order valence-corrected chi connectivity index (χ0v) is 7.43. The first-order valence-corrected chi connectivity index (χ1v) is 5.33. The molecule has 0 amide bonds. The first-order valence-electron chi connectivity index (χ1n) is 3.51. The second-order valence-electron chi connectivity index (χ2n) is 2.31. The first kappa shape index (κ1) is 10.9. The molecule has 1 N–H and O–H groups in total. The molecule has 0 bridgehead atoms. The minimum Gasteiger partial charge on any atom is -0.396 e. The third-order valence-electron chi connectivity index (χ3n) is 1.10. The van der Waals surface area contributed by atoms with E-state index in [4.69, 9.17) is 5.11 Å². The molecule has 0 fully saturated rings. The van der Waals surface area contributed by atoms with Gasteiger partial charge >= 0.3 is 0 Å². The number of aliphatic hydroxyl groups excluding tert-OH is 1. The van der Waals surface area contributed by atoms with E-state index in [0.717, 1.165) is 12.7 Å². The highest BCUT2D eigenvalue weighted by Gasteiger charge is 1.99. The van der Waals surface area contributed by atoms with Gasteiger partial charge in [-0.15, -0.1) is 0 Å². The minimum atomic E-state index is -3.27. The Bertz CT molecular complexity index is 173. The molecular formula is C6H14O4S. The van der Waals surface area contributed by atoms with Crippen molar-refractivity contribution in [2.45, 2.75) is 19.3 Å². The van der Waals surface area contributed by atoms with Crippen LogP contribution < -0.4 is 0 Å². The van der Waals surface area contributed by atoms with E-state index < -0.39 is 10.1 Å². The maximum Gasteiger partial charge on any atom is 0.264 e. The van der Waals surface area contributed by atoms with Crippen molar-refractivity contribution in [1.29, 1.82) is 0 Å². The number of hydrogen-bond donors (Lipinski definition) is 1. The zero-order valence-electron chi connectivity index (χ0n) is 6.62. The highest BCUT2D eigenvalue weighted by Crippen LogP contribution is 1.96. The molecule has 0 unspecified atom stereocenters. The Labute approximate surface area is 67.3 Å². The van der Waals surface area contributed by atoms with E-state index in [-0.39, 0.29) is 13.2 Å². The Morgan fingerprint density at radius 2 is 1.91 bits per heavy atom. The van der Waals surface area contributed by atoms with Crippen LogP contribution in [0.5, 0.6) is 0 Å². The highest BCUT2D eigenvalue weighted by molar-refractivity contribution is 7.85. The Morgan fingerprint density at radius 1 is 1.27 bits per heavy atom. The fourth-order valence-electron chi connectivity index (χ4n) is 0.601. The van der Waals surface area contributed by atoms with Crippen LogP contribution in [0.2, 0.25) is 0 Å². The molecule has 68 valence electrons. The maximum atomic E-state index is 10.4. The van der Waals surface area contributed by atoms with E-state index in [1.165, 1.54) is 0 Å². The van der Waals surface area contributed by atoms with E-state index in [1.807, 2.05) is 0 Å². The number of unbranched alkanes of at least 4 members (excludes halogenated alkanes) is 2. The molecule has 0 atom stereocenters. The molecular weight excluding hydrogens is 168 g/mol. The maximum absolute atomic E-state index is 10.4. The zero-order chi connectivity index (χ0) is 8.74. The van der Waals surface area contributed by atoms with Crippen molar-refractivity contribution >= 4 is 10.1 Å². The summed E-state index contributed by atoms with van der Waals surface area (Å²) in [5, 5.41) is 8.37. The van der Waals surface area contributed by atoms with Gasteiger partial charge in [-0.25, -0.2) is 0 Å². The molecule has 0 radical (unpaired) electrons. The van der Waals surface area contributed by atoms with Crippen molar-refractivity contribution in [3.8, 4) is 0 Å². The molecule has 0 heterocycles. The van der Waals surface area contributed by atoms with Crippen LogP contribution >= 0.6 is 0 Å². The molecule has 0 aromatic carbocycles. The SMILES string of the molecule is CS(=O)(=O)OCCCCCO. The van der Waals surface area contributed by atoms with Gasteiger partial charge < -0.3 is 5.11 Å². The average molecular weight is 182 g/mol. The predicted octanol–water partition coefficient (Wildman–Crippen LogP) is 0.125. The van der Waals surface area contributed by atoms with Gasteiger partial charge in [0.05, 0.1) is 12.9 Å². The summed E-state index contributed by atoms with van der Waals surface area (Å²) in [7, 11) is -3.27. The summed E-state index contributed by atoms with van der Waals surface area (Å²) in [5.74, 6) is 0. The van der Waals surface area contributed by atoms with Crippen molar-refractivity contribution in [2.75, 3.05) is 19.5 Å². The lowest BCUT2D eigenvalue weighted by molar-refractivity contribution is 0.268. The highest BCUT2D eigenvalue weighted by atomic mass is 32.2. The van der Waals surface area contributed by atoms with E-state index in [2.05, 4.69) is 4.18 Å². The standard InChI is InChI=1S/C6H14O4S/c1-11(8,9)10-6-4-2-3-5-7/h7H,2-6H2,1H3. The molecule has 5 heteroatoms. The molecule has 0 rings (SSSR count). The normalized spacial score (nSPS) is 11.8. The Morgan fingerprint density at radius 3 is 2.36 bits per heavy atom. The number of rotatable bonds is 6. The summed E-state index contributed by atoms with van der Waals surface area (Å²) in [6, 6.07) is 0. The summed E-state index contributed by atoms with van der Waals surface area (Å²) >= 11 is 0. The summed E-state index contributed by atoms with van der Waals surface area (Å²) in [4.78, 5) is 0. The monoisotopic (exact) mass is 182 g/mol. The largest absolute Gasteiger partial charge is 0.396 e. The van der Waals surface area contributed by atoms with Crippen molar-refractivity contribution in [2.24, 2.45) is 0 Å². The Balaban J connectivity index is 3.16. The van der Waals surface area contributed by atoms with Crippen molar-refractivity contribution in [1.82, 2.24) is 0 Å². The van der Waals surface area contributed by atoms with E-state index in [1.54, 1.807) is 0 Å². The molecule has 0 spiro atoms. The van der Waals surface area contributed by atoms with Gasteiger partial charge in [-0.3, -0.25) is 4.18 Å². The molecule has 0 aliphatic heterocycles. The van der Waals surface area contributed by atoms with Crippen LogP contribution in [0.4, 0.5) is 0 Å². The van der Waals surface area contributed by atoms with Crippen LogP contribution in [0.15, 0.2) is 0 Å². The van der Waals surface area contributed by atoms with Crippen molar-refractivity contribution in [3.05, 3.63) is 0 Å². The lowest BCUT2D eigenvalue weighted by atomic mass is 10.2. The smallest absolute Gasteiger partial charge is 0.264 e. The Hall–Kier alpha value is -0.130. The van der Waals surface area contributed by atoms with Gasteiger partial charge in [0.15, 0.2) is 0 Å². The minimum absolute atomic E-state index is 0.152. The van der Waals surface area contributed by atoms with Gasteiger partial charge in [0.2, 0.25) is 0 Å². The van der Waals surface area contributed by atoms with Gasteiger partial charge in [0, 0.05) is 6.61 Å².